The van der Waals surface area contributed by atoms with E-state index in [-0.39, 0.29) is 5.91 Å². The van der Waals surface area contributed by atoms with Crippen LogP contribution in [0.15, 0.2) is 48.8 Å². The fourth-order valence-corrected chi connectivity index (χ4v) is 4.79. The van der Waals surface area contributed by atoms with E-state index in [4.69, 9.17) is 23.2 Å². The van der Waals surface area contributed by atoms with Gasteiger partial charge < -0.3 is 10.2 Å². The monoisotopic (exact) mass is 461 g/mol. The zero-order valence-electron chi connectivity index (χ0n) is 16.2. The van der Waals surface area contributed by atoms with Crippen molar-refractivity contribution in [1.82, 2.24) is 20.2 Å². The van der Waals surface area contributed by atoms with E-state index in [9.17, 15) is 4.79 Å². The Morgan fingerprint density at radius 2 is 1.73 bits per heavy atom. The maximum Gasteiger partial charge on any atom is 0.261 e. The molecule has 0 aliphatic carbocycles. The molecule has 9 heteroatoms. The molecule has 1 aliphatic rings. The van der Waals surface area contributed by atoms with Gasteiger partial charge in [0.1, 0.15) is 0 Å². The number of hydrogen-bond acceptors (Lipinski definition) is 6. The molecule has 1 aromatic carbocycles. The highest BCUT2D eigenvalue weighted by Gasteiger charge is 2.18. The Morgan fingerprint density at radius 1 is 1.03 bits per heavy atom. The van der Waals surface area contributed by atoms with Crippen LogP contribution in [0, 0.1) is 0 Å². The highest BCUT2D eigenvalue weighted by molar-refractivity contribution is 7.17. The van der Waals surface area contributed by atoms with Gasteiger partial charge in [-0.25, -0.2) is 9.97 Å². The van der Waals surface area contributed by atoms with Crippen LogP contribution in [0.5, 0.6) is 0 Å². The van der Waals surface area contributed by atoms with Gasteiger partial charge in [-0.15, -0.1) is 11.3 Å². The molecule has 1 aliphatic heterocycles. The molecule has 2 aromatic heterocycles. The summed E-state index contributed by atoms with van der Waals surface area (Å²) in [6.07, 6.45) is 3.53. The molecule has 0 radical (unpaired) electrons. The number of hydrogen-bond donors (Lipinski definition) is 1. The lowest BCUT2D eigenvalue weighted by molar-refractivity contribution is 0.0952. The summed E-state index contributed by atoms with van der Waals surface area (Å²) in [4.78, 5) is 27.3. The summed E-state index contributed by atoms with van der Waals surface area (Å²) in [7, 11) is 0. The van der Waals surface area contributed by atoms with Gasteiger partial charge in [-0.3, -0.25) is 9.69 Å². The van der Waals surface area contributed by atoms with Crippen LogP contribution in [0.25, 0.3) is 10.4 Å². The summed E-state index contributed by atoms with van der Waals surface area (Å²) >= 11 is 13.6. The van der Waals surface area contributed by atoms with Gasteiger partial charge in [-0.1, -0.05) is 23.2 Å². The fraction of sp³-hybridized carbons (Fsp3) is 0.286. The maximum atomic E-state index is 12.5. The van der Waals surface area contributed by atoms with Crippen LogP contribution in [0.1, 0.15) is 9.67 Å². The number of halogens is 2. The van der Waals surface area contributed by atoms with Crippen LogP contribution in [-0.4, -0.2) is 60.0 Å². The molecule has 3 aromatic rings. The van der Waals surface area contributed by atoms with Gasteiger partial charge in [0.2, 0.25) is 5.95 Å². The molecule has 156 valence electrons. The summed E-state index contributed by atoms with van der Waals surface area (Å²) in [5.41, 5.74) is 0.914. The molecule has 0 unspecified atom stereocenters. The van der Waals surface area contributed by atoms with Crippen molar-refractivity contribution in [3.05, 3.63) is 63.7 Å². The molecular weight excluding hydrogens is 441 g/mol. The SMILES string of the molecule is O=C(NCCN1CCN(c2ncccn2)CC1)c1ccc(-c2cc(Cl)cc(Cl)c2)s1. The van der Waals surface area contributed by atoms with Gasteiger partial charge in [-0.05, 0) is 42.0 Å². The highest BCUT2D eigenvalue weighted by Crippen LogP contribution is 2.32. The molecule has 4 rings (SSSR count). The second-order valence-corrected chi connectivity index (χ2v) is 8.91. The lowest BCUT2D eigenvalue weighted by atomic mass is 10.2. The summed E-state index contributed by atoms with van der Waals surface area (Å²) in [6, 6.07) is 11.0. The van der Waals surface area contributed by atoms with Crippen molar-refractivity contribution in [2.75, 3.05) is 44.2 Å². The van der Waals surface area contributed by atoms with Gasteiger partial charge in [-0.2, -0.15) is 0 Å². The van der Waals surface area contributed by atoms with E-state index in [1.165, 1.54) is 11.3 Å². The number of rotatable bonds is 6. The molecule has 6 nitrogen and oxygen atoms in total. The summed E-state index contributed by atoms with van der Waals surface area (Å²) in [5.74, 6) is 0.718. The highest BCUT2D eigenvalue weighted by atomic mass is 35.5. The first-order valence-electron chi connectivity index (χ1n) is 9.67. The largest absolute Gasteiger partial charge is 0.350 e. The maximum absolute atomic E-state index is 12.5. The fourth-order valence-electron chi connectivity index (χ4n) is 3.35. The third-order valence-electron chi connectivity index (χ3n) is 4.90. The van der Waals surface area contributed by atoms with Crippen molar-refractivity contribution < 1.29 is 4.79 Å². The number of nitrogens with zero attached hydrogens (tertiary/aromatic N) is 4. The number of carbonyl (C=O) groups excluding carboxylic acids is 1. The second kappa shape index (κ2) is 9.75. The Hall–Kier alpha value is -2.19. The number of carbonyl (C=O) groups is 1. The number of nitrogens with one attached hydrogen (secondary N) is 1. The van der Waals surface area contributed by atoms with Crippen molar-refractivity contribution in [2.45, 2.75) is 0 Å². The minimum atomic E-state index is -0.0595. The number of piperazine rings is 1. The Kier molecular flexibility index (Phi) is 6.84. The van der Waals surface area contributed by atoms with Gasteiger partial charge in [0.05, 0.1) is 4.88 Å². The predicted octanol–water partition coefficient (Wildman–Crippen LogP) is 4.06. The van der Waals surface area contributed by atoms with E-state index in [0.29, 0.717) is 21.5 Å². The number of aromatic nitrogens is 2. The molecule has 3 heterocycles. The van der Waals surface area contributed by atoms with Crippen LogP contribution in [0.3, 0.4) is 0 Å². The molecule has 0 bridgehead atoms. The molecule has 1 amide bonds. The molecule has 1 fully saturated rings. The van der Waals surface area contributed by atoms with E-state index in [1.54, 1.807) is 18.5 Å². The van der Waals surface area contributed by atoms with Gasteiger partial charge >= 0.3 is 0 Å². The van der Waals surface area contributed by atoms with Crippen molar-refractivity contribution in [3.8, 4) is 10.4 Å². The van der Waals surface area contributed by atoms with Gasteiger partial charge in [0, 0.05) is 66.6 Å². The standard InChI is InChI=1S/C21H21Cl2N5OS/c22-16-12-15(13-17(23)14-16)18-2-3-19(30-18)20(29)24-6-7-27-8-10-28(11-9-27)21-25-4-1-5-26-21/h1-5,12-14H,6-11H2,(H,24,29). The number of anilines is 1. The van der Waals surface area contributed by atoms with Crippen LogP contribution in [-0.2, 0) is 0 Å². The summed E-state index contributed by atoms with van der Waals surface area (Å²) in [5, 5.41) is 4.18. The Balaban J connectivity index is 1.24. The second-order valence-electron chi connectivity index (χ2n) is 6.96. The topological polar surface area (TPSA) is 61.4 Å². The van der Waals surface area contributed by atoms with Crippen molar-refractivity contribution >= 4 is 46.4 Å². The molecule has 0 atom stereocenters. The average molecular weight is 462 g/mol. The zero-order valence-corrected chi connectivity index (χ0v) is 18.6. The molecule has 1 saturated heterocycles. The quantitative estimate of drug-likeness (QED) is 0.599. The van der Waals surface area contributed by atoms with Crippen molar-refractivity contribution in [1.29, 1.82) is 0 Å². The van der Waals surface area contributed by atoms with E-state index in [2.05, 4.69) is 25.1 Å². The molecule has 1 N–H and O–H groups in total. The minimum absolute atomic E-state index is 0.0595. The van der Waals surface area contributed by atoms with Crippen LogP contribution in [0.4, 0.5) is 5.95 Å². The normalized spacial score (nSPS) is 14.7. The Bertz CT molecular complexity index is 985. The first-order valence-corrected chi connectivity index (χ1v) is 11.2. The summed E-state index contributed by atoms with van der Waals surface area (Å²) in [6.45, 7) is 5.04. The molecule has 30 heavy (non-hydrogen) atoms. The van der Waals surface area contributed by atoms with Crippen LogP contribution < -0.4 is 10.2 Å². The lowest BCUT2D eigenvalue weighted by Crippen LogP contribution is -2.48. The lowest BCUT2D eigenvalue weighted by Gasteiger charge is -2.34. The third-order valence-corrected chi connectivity index (χ3v) is 6.47. The first-order chi connectivity index (χ1) is 14.6. The number of amides is 1. The van der Waals surface area contributed by atoms with Gasteiger partial charge in [0.15, 0.2) is 0 Å². The Morgan fingerprint density at radius 3 is 2.43 bits per heavy atom. The Labute approximate surface area is 189 Å². The first kappa shape index (κ1) is 21.1. The van der Waals surface area contributed by atoms with E-state index in [1.807, 2.05) is 30.3 Å². The third kappa shape index (κ3) is 5.29. The molecular formula is C21H21Cl2N5OS. The van der Waals surface area contributed by atoms with Crippen molar-refractivity contribution in [2.24, 2.45) is 0 Å². The van der Waals surface area contributed by atoms with Gasteiger partial charge in [0.25, 0.3) is 5.91 Å². The summed E-state index contributed by atoms with van der Waals surface area (Å²) < 4.78 is 0. The number of benzene rings is 1. The predicted molar refractivity (Wildman–Crippen MR) is 123 cm³/mol. The van der Waals surface area contributed by atoms with Crippen LogP contribution >= 0.6 is 34.5 Å². The van der Waals surface area contributed by atoms with E-state index in [0.717, 1.165) is 49.1 Å². The van der Waals surface area contributed by atoms with E-state index < -0.39 is 0 Å². The average Bonchev–Trinajstić information content (AvgIpc) is 3.25. The molecule has 0 spiro atoms. The zero-order chi connectivity index (χ0) is 20.9. The number of thiophene rings is 1. The molecule has 0 saturated carbocycles. The van der Waals surface area contributed by atoms with E-state index >= 15 is 0 Å². The smallest absolute Gasteiger partial charge is 0.261 e. The minimum Gasteiger partial charge on any atom is -0.350 e. The van der Waals surface area contributed by atoms with Crippen molar-refractivity contribution in [3.63, 3.8) is 0 Å². The van der Waals surface area contributed by atoms with Crippen LogP contribution in [0.2, 0.25) is 10.0 Å².